The van der Waals surface area contributed by atoms with Crippen molar-refractivity contribution in [3.05, 3.63) is 115 Å². The number of aromatic nitrogens is 1. The summed E-state index contributed by atoms with van der Waals surface area (Å²) in [5.41, 5.74) is 4.08. The van der Waals surface area contributed by atoms with E-state index in [1.165, 1.54) is 0 Å². The van der Waals surface area contributed by atoms with Gasteiger partial charge in [-0.25, -0.2) is 0 Å². The summed E-state index contributed by atoms with van der Waals surface area (Å²) in [6.07, 6.45) is 0. The van der Waals surface area contributed by atoms with E-state index in [-0.39, 0.29) is 0 Å². The molecule has 0 radical (unpaired) electrons. The fourth-order valence-electron chi connectivity index (χ4n) is 4.31. The van der Waals surface area contributed by atoms with Gasteiger partial charge in [-0.1, -0.05) is 109 Å². The molecule has 0 aliphatic heterocycles. The van der Waals surface area contributed by atoms with Crippen molar-refractivity contribution in [2.75, 3.05) is 0 Å². The molecule has 0 fully saturated rings. The van der Waals surface area contributed by atoms with Gasteiger partial charge in [0.05, 0.1) is 5.44 Å². The van der Waals surface area contributed by atoms with E-state index in [1.54, 1.807) is 0 Å². The van der Waals surface area contributed by atoms with Crippen LogP contribution in [-0.2, 0) is 11.6 Å². The maximum Gasteiger partial charge on any atom is 0.187 e. The van der Waals surface area contributed by atoms with Crippen LogP contribution in [0.15, 0.2) is 115 Å². The molecule has 0 N–H and O–H groups in total. The van der Waals surface area contributed by atoms with E-state index in [0.717, 1.165) is 38.1 Å². The molecule has 0 aliphatic carbocycles. The highest BCUT2D eigenvalue weighted by Crippen LogP contribution is 2.47. The number of hydrogen-bond donors (Lipinski definition) is 0. The normalized spacial score (nSPS) is 11.6. The number of para-hydroxylation sites is 1. The molecule has 2 nitrogen and oxygen atoms in total. The second-order valence-corrected chi connectivity index (χ2v) is 10.1. The highest BCUT2D eigenvalue weighted by atomic mass is 31.2. The van der Waals surface area contributed by atoms with Crippen molar-refractivity contribution < 1.29 is 4.57 Å². The standard InChI is InChI=1S/C27H22NOP/c1-28-25-20-12-11-19-24(25)26(21-13-5-2-6-14-21)27(28)30(29,22-15-7-3-8-16-22)23-17-9-4-10-18-23/h2-20H,1H3. The first-order valence-corrected chi connectivity index (χ1v) is 11.8. The Balaban J connectivity index is 1.96. The van der Waals surface area contributed by atoms with E-state index in [1.807, 2.05) is 92.0 Å². The van der Waals surface area contributed by atoms with E-state index in [2.05, 4.69) is 34.9 Å². The zero-order valence-corrected chi connectivity index (χ0v) is 17.7. The van der Waals surface area contributed by atoms with Crippen LogP contribution in [0.4, 0.5) is 0 Å². The monoisotopic (exact) mass is 407 g/mol. The number of rotatable bonds is 4. The second-order valence-electron chi connectivity index (χ2n) is 7.42. The Labute approximate surface area is 176 Å². The Morgan fingerprint density at radius 2 is 1.07 bits per heavy atom. The van der Waals surface area contributed by atoms with Gasteiger partial charge < -0.3 is 9.13 Å². The van der Waals surface area contributed by atoms with Crippen molar-refractivity contribution in [2.24, 2.45) is 7.05 Å². The lowest BCUT2D eigenvalue weighted by Gasteiger charge is -2.22. The number of benzene rings is 4. The number of aryl methyl sites for hydroxylation is 1. The quantitative estimate of drug-likeness (QED) is 0.361. The summed E-state index contributed by atoms with van der Waals surface area (Å²) in [6, 6.07) is 38.4. The topological polar surface area (TPSA) is 22.0 Å². The van der Waals surface area contributed by atoms with Crippen molar-refractivity contribution >= 4 is 34.1 Å². The minimum Gasteiger partial charge on any atom is -0.340 e. The largest absolute Gasteiger partial charge is 0.340 e. The van der Waals surface area contributed by atoms with Gasteiger partial charge in [0.15, 0.2) is 7.14 Å². The predicted molar refractivity (Wildman–Crippen MR) is 128 cm³/mol. The Hall–Kier alpha value is -3.35. The molecule has 5 aromatic rings. The maximum atomic E-state index is 15.2. The number of nitrogens with zero attached hydrogens (tertiary/aromatic N) is 1. The first-order chi connectivity index (χ1) is 14.7. The summed E-state index contributed by atoms with van der Waals surface area (Å²) in [5.74, 6) is 0. The third-order valence-corrected chi connectivity index (χ3v) is 8.85. The molecule has 5 rings (SSSR count). The number of fused-ring (bicyclic) bond motifs is 1. The average molecular weight is 407 g/mol. The number of hydrogen-bond acceptors (Lipinski definition) is 1. The van der Waals surface area contributed by atoms with Crippen LogP contribution in [0.25, 0.3) is 22.0 Å². The smallest absolute Gasteiger partial charge is 0.187 e. The lowest BCUT2D eigenvalue weighted by atomic mass is 10.1. The molecule has 146 valence electrons. The first kappa shape index (κ1) is 18.7. The summed E-state index contributed by atoms with van der Waals surface area (Å²) >= 11 is 0. The first-order valence-electron chi connectivity index (χ1n) is 10.1. The Morgan fingerprint density at radius 1 is 0.600 bits per heavy atom. The summed E-state index contributed by atoms with van der Waals surface area (Å²) in [6.45, 7) is 0. The van der Waals surface area contributed by atoms with Crippen molar-refractivity contribution in [3.63, 3.8) is 0 Å². The van der Waals surface area contributed by atoms with Crippen molar-refractivity contribution in [2.45, 2.75) is 0 Å². The summed E-state index contributed by atoms with van der Waals surface area (Å²) < 4.78 is 17.3. The van der Waals surface area contributed by atoms with E-state index in [4.69, 9.17) is 0 Å². The minimum atomic E-state index is -3.13. The van der Waals surface area contributed by atoms with Crippen LogP contribution in [0.5, 0.6) is 0 Å². The van der Waals surface area contributed by atoms with Gasteiger partial charge >= 0.3 is 0 Å². The highest BCUT2D eigenvalue weighted by molar-refractivity contribution is 7.85. The summed E-state index contributed by atoms with van der Waals surface area (Å²) in [5, 5.41) is 2.81. The Morgan fingerprint density at radius 3 is 1.63 bits per heavy atom. The van der Waals surface area contributed by atoms with Crippen LogP contribution >= 0.6 is 7.14 Å². The fraction of sp³-hybridized carbons (Fsp3) is 0.0370. The molecule has 0 bridgehead atoms. The van der Waals surface area contributed by atoms with E-state index >= 15 is 4.57 Å². The molecule has 3 heteroatoms. The van der Waals surface area contributed by atoms with Crippen LogP contribution in [0.2, 0.25) is 0 Å². The van der Waals surface area contributed by atoms with Gasteiger partial charge in [-0.15, -0.1) is 0 Å². The molecule has 0 aliphatic rings. The third-order valence-electron chi connectivity index (χ3n) is 5.68. The van der Waals surface area contributed by atoms with Crippen LogP contribution in [0.3, 0.4) is 0 Å². The van der Waals surface area contributed by atoms with Gasteiger partial charge in [0.2, 0.25) is 0 Å². The molecule has 0 saturated carbocycles. The zero-order valence-electron chi connectivity index (χ0n) is 16.8. The molecule has 30 heavy (non-hydrogen) atoms. The van der Waals surface area contributed by atoms with E-state index in [0.29, 0.717) is 0 Å². The molecule has 0 spiro atoms. The van der Waals surface area contributed by atoms with Gasteiger partial charge in [0.1, 0.15) is 0 Å². The highest BCUT2D eigenvalue weighted by Gasteiger charge is 2.36. The predicted octanol–water partition coefficient (Wildman–Crippen LogP) is 5.48. The lowest BCUT2D eigenvalue weighted by Crippen LogP contribution is -2.30. The van der Waals surface area contributed by atoms with E-state index < -0.39 is 7.14 Å². The Kier molecular flexibility index (Phi) is 4.65. The average Bonchev–Trinajstić information content (AvgIpc) is 3.13. The van der Waals surface area contributed by atoms with E-state index in [9.17, 15) is 0 Å². The molecular formula is C27H22NOP. The van der Waals surface area contributed by atoms with Gasteiger partial charge in [-0.3, -0.25) is 0 Å². The third kappa shape index (κ3) is 2.84. The van der Waals surface area contributed by atoms with Gasteiger partial charge in [-0.2, -0.15) is 0 Å². The summed E-state index contributed by atoms with van der Waals surface area (Å²) in [7, 11) is -1.10. The fourth-order valence-corrected chi connectivity index (χ4v) is 7.37. The zero-order chi connectivity index (χ0) is 20.6. The van der Waals surface area contributed by atoms with Crippen LogP contribution in [0.1, 0.15) is 0 Å². The molecule has 4 aromatic carbocycles. The molecule has 1 heterocycles. The van der Waals surface area contributed by atoms with Gasteiger partial charge in [0, 0.05) is 34.1 Å². The van der Waals surface area contributed by atoms with Crippen molar-refractivity contribution in [1.82, 2.24) is 4.57 Å². The summed E-state index contributed by atoms with van der Waals surface area (Å²) in [4.78, 5) is 0. The van der Waals surface area contributed by atoms with Gasteiger partial charge in [-0.05, 0) is 11.6 Å². The Bertz CT molecular complexity index is 1310. The van der Waals surface area contributed by atoms with Crippen LogP contribution < -0.4 is 16.0 Å². The van der Waals surface area contributed by atoms with Crippen LogP contribution in [0, 0.1) is 0 Å². The minimum absolute atomic E-state index is 0.847. The molecule has 0 saturated heterocycles. The van der Waals surface area contributed by atoms with Crippen LogP contribution in [-0.4, -0.2) is 4.57 Å². The molecular weight excluding hydrogens is 385 g/mol. The molecule has 0 atom stereocenters. The molecule has 1 aromatic heterocycles. The second kappa shape index (κ2) is 7.48. The molecule has 0 unspecified atom stereocenters. The maximum absolute atomic E-state index is 15.2. The molecule has 0 amide bonds. The SMILES string of the molecule is Cn1c(P(=O)(c2ccccc2)c2ccccc2)c(-c2ccccc2)c2ccccc21. The van der Waals surface area contributed by atoms with Gasteiger partial charge in [0.25, 0.3) is 0 Å². The van der Waals surface area contributed by atoms with Crippen molar-refractivity contribution in [1.29, 1.82) is 0 Å². The lowest BCUT2D eigenvalue weighted by molar-refractivity contribution is 0.591. The van der Waals surface area contributed by atoms with Crippen molar-refractivity contribution in [3.8, 4) is 11.1 Å².